The monoisotopic (exact) mass is 371 g/mol. The van der Waals surface area contributed by atoms with Crippen molar-refractivity contribution in [2.45, 2.75) is 31.5 Å². The summed E-state index contributed by atoms with van der Waals surface area (Å²) in [4.78, 5) is 27.6. The van der Waals surface area contributed by atoms with Crippen LogP contribution in [0.1, 0.15) is 26.0 Å². The highest BCUT2D eigenvalue weighted by Crippen LogP contribution is 2.26. The van der Waals surface area contributed by atoms with E-state index in [-0.39, 0.29) is 23.5 Å². The zero-order valence-corrected chi connectivity index (χ0v) is 15.4. The smallest absolute Gasteiger partial charge is 0.236 e. The lowest BCUT2D eigenvalue weighted by atomic mass is 10.1. The van der Waals surface area contributed by atoms with E-state index in [4.69, 9.17) is 0 Å². The molecule has 2 N–H and O–H groups in total. The summed E-state index contributed by atoms with van der Waals surface area (Å²) in [6.07, 6.45) is 0.442. The summed E-state index contributed by atoms with van der Waals surface area (Å²) >= 11 is 3.92. The van der Waals surface area contributed by atoms with Crippen LogP contribution in [0.2, 0.25) is 0 Å². The summed E-state index contributed by atoms with van der Waals surface area (Å²) < 4.78 is 0.635. The van der Waals surface area contributed by atoms with Gasteiger partial charge >= 0.3 is 0 Å². The van der Waals surface area contributed by atoms with Crippen molar-refractivity contribution in [3.63, 3.8) is 0 Å². The molecule has 0 atom stereocenters. The van der Waals surface area contributed by atoms with Gasteiger partial charge < -0.3 is 10.6 Å². The van der Waals surface area contributed by atoms with Gasteiger partial charge in [-0.2, -0.15) is 0 Å². The maximum atomic E-state index is 11.8. The van der Waals surface area contributed by atoms with Crippen LogP contribution in [0.4, 0.5) is 10.3 Å². The van der Waals surface area contributed by atoms with E-state index in [2.05, 4.69) is 25.8 Å². The van der Waals surface area contributed by atoms with Crippen LogP contribution in [0, 0.1) is 12.8 Å². The van der Waals surface area contributed by atoms with Crippen molar-refractivity contribution >= 4 is 56.5 Å². The first-order chi connectivity index (χ1) is 10.9. The number of aryl methyl sites for hydroxylation is 1. The van der Waals surface area contributed by atoms with Gasteiger partial charge in [0, 0.05) is 11.8 Å². The molecule has 0 spiro atoms. The molecule has 2 rings (SSSR count). The number of nitrogens with one attached hydrogen (secondary N) is 2. The molecule has 0 aromatic carbocycles. The SMILES string of the molecule is Cc1csc(NC(=O)CSc2nnc(NC(=O)CC(C)C)s2)n1. The molecule has 0 saturated heterocycles. The Bertz CT molecular complexity index is 683. The Hall–Kier alpha value is -1.52. The Morgan fingerprint density at radius 2 is 1.96 bits per heavy atom. The van der Waals surface area contributed by atoms with Gasteiger partial charge in [-0.25, -0.2) is 4.98 Å². The minimum absolute atomic E-state index is 0.0791. The number of amides is 2. The van der Waals surface area contributed by atoms with E-state index < -0.39 is 0 Å². The fourth-order valence-electron chi connectivity index (χ4n) is 1.55. The minimum atomic E-state index is -0.148. The van der Waals surface area contributed by atoms with Gasteiger partial charge in [0.15, 0.2) is 9.47 Å². The number of carbonyl (C=O) groups is 2. The number of thioether (sulfide) groups is 1. The molecule has 0 fully saturated rings. The van der Waals surface area contributed by atoms with Gasteiger partial charge in [-0.15, -0.1) is 21.5 Å². The largest absolute Gasteiger partial charge is 0.301 e. The summed E-state index contributed by atoms with van der Waals surface area (Å²) in [6, 6.07) is 0. The third-order valence-electron chi connectivity index (χ3n) is 2.44. The first-order valence-corrected chi connectivity index (χ1v) is 9.58. The first-order valence-electron chi connectivity index (χ1n) is 6.90. The van der Waals surface area contributed by atoms with Crippen molar-refractivity contribution in [2.75, 3.05) is 16.4 Å². The van der Waals surface area contributed by atoms with Gasteiger partial charge in [0.1, 0.15) is 0 Å². The second-order valence-corrected chi connectivity index (χ2v) is 8.21. The van der Waals surface area contributed by atoms with Gasteiger partial charge in [-0.3, -0.25) is 9.59 Å². The fourth-order valence-corrected chi connectivity index (χ4v) is 3.83. The summed E-state index contributed by atoms with van der Waals surface area (Å²) in [5.74, 6) is 0.275. The van der Waals surface area contributed by atoms with Crippen LogP contribution in [0.15, 0.2) is 9.72 Å². The van der Waals surface area contributed by atoms with Crippen molar-refractivity contribution in [1.29, 1.82) is 0 Å². The average molecular weight is 372 g/mol. The van der Waals surface area contributed by atoms with Crippen molar-refractivity contribution in [1.82, 2.24) is 15.2 Å². The highest BCUT2D eigenvalue weighted by Gasteiger charge is 2.12. The van der Waals surface area contributed by atoms with Crippen LogP contribution in [0.3, 0.4) is 0 Å². The highest BCUT2D eigenvalue weighted by atomic mass is 32.2. The molecule has 0 unspecified atom stereocenters. The molecule has 7 nitrogen and oxygen atoms in total. The third kappa shape index (κ3) is 6.24. The van der Waals surface area contributed by atoms with E-state index in [1.807, 2.05) is 26.2 Å². The van der Waals surface area contributed by atoms with Gasteiger partial charge in [-0.1, -0.05) is 36.9 Å². The number of thiazole rings is 1. The van der Waals surface area contributed by atoms with Gasteiger partial charge in [-0.05, 0) is 12.8 Å². The second kappa shape index (κ2) is 8.37. The van der Waals surface area contributed by atoms with E-state index in [9.17, 15) is 9.59 Å². The van der Waals surface area contributed by atoms with Crippen molar-refractivity contribution < 1.29 is 9.59 Å². The Balaban J connectivity index is 1.78. The molecule has 2 heterocycles. The Morgan fingerprint density at radius 3 is 2.61 bits per heavy atom. The zero-order chi connectivity index (χ0) is 16.8. The topological polar surface area (TPSA) is 96.9 Å². The Labute approximate surface area is 146 Å². The fraction of sp³-hybridized carbons (Fsp3) is 0.462. The number of hydrogen-bond acceptors (Lipinski definition) is 8. The third-order valence-corrected chi connectivity index (χ3v) is 5.29. The number of aromatic nitrogens is 3. The average Bonchev–Trinajstić information content (AvgIpc) is 3.05. The maximum Gasteiger partial charge on any atom is 0.236 e. The second-order valence-electron chi connectivity index (χ2n) is 5.15. The van der Waals surface area contributed by atoms with Gasteiger partial charge in [0.2, 0.25) is 16.9 Å². The number of rotatable bonds is 7. The summed E-state index contributed by atoms with van der Waals surface area (Å²) in [6.45, 7) is 5.82. The number of anilines is 2. The normalized spacial score (nSPS) is 10.8. The van der Waals surface area contributed by atoms with E-state index in [0.29, 0.717) is 21.0 Å². The van der Waals surface area contributed by atoms with E-state index in [1.54, 1.807) is 0 Å². The zero-order valence-electron chi connectivity index (χ0n) is 13.0. The molecule has 124 valence electrons. The number of nitrogens with zero attached hydrogens (tertiary/aromatic N) is 3. The summed E-state index contributed by atoms with van der Waals surface area (Å²) in [5, 5.41) is 16.2. The lowest BCUT2D eigenvalue weighted by Crippen LogP contribution is -2.13. The predicted octanol–water partition coefficient (Wildman–Crippen LogP) is 3.02. The highest BCUT2D eigenvalue weighted by molar-refractivity contribution is 8.01. The van der Waals surface area contributed by atoms with E-state index in [1.165, 1.54) is 34.4 Å². The molecule has 23 heavy (non-hydrogen) atoms. The van der Waals surface area contributed by atoms with Crippen molar-refractivity contribution in [3.8, 4) is 0 Å². The quantitative estimate of drug-likeness (QED) is 0.574. The molecule has 2 aromatic rings. The van der Waals surface area contributed by atoms with Crippen LogP contribution in [-0.2, 0) is 9.59 Å². The van der Waals surface area contributed by atoms with Crippen LogP contribution in [0.25, 0.3) is 0 Å². The molecule has 10 heteroatoms. The molecule has 0 aliphatic rings. The molecule has 0 aliphatic heterocycles. The lowest BCUT2D eigenvalue weighted by Gasteiger charge is -2.02. The number of carbonyl (C=O) groups excluding carboxylic acids is 2. The molecule has 0 bridgehead atoms. The van der Waals surface area contributed by atoms with Crippen LogP contribution >= 0.6 is 34.4 Å². The van der Waals surface area contributed by atoms with E-state index >= 15 is 0 Å². The molecule has 0 radical (unpaired) electrons. The van der Waals surface area contributed by atoms with E-state index in [0.717, 1.165) is 5.69 Å². The van der Waals surface area contributed by atoms with Crippen LogP contribution in [-0.4, -0.2) is 32.7 Å². The van der Waals surface area contributed by atoms with Crippen molar-refractivity contribution in [3.05, 3.63) is 11.1 Å². The predicted molar refractivity (Wildman–Crippen MR) is 94.2 cm³/mol. The summed E-state index contributed by atoms with van der Waals surface area (Å²) in [5.41, 5.74) is 0.879. The van der Waals surface area contributed by atoms with Crippen LogP contribution < -0.4 is 10.6 Å². The molecule has 0 aliphatic carbocycles. The molecular formula is C13H17N5O2S3. The van der Waals surface area contributed by atoms with Crippen LogP contribution in [0.5, 0.6) is 0 Å². The van der Waals surface area contributed by atoms with Gasteiger partial charge in [0.25, 0.3) is 0 Å². The lowest BCUT2D eigenvalue weighted by molar-refractivity contribution is -0.117. The maximum absolute atomic E-state index is 11.8. The standard InChI is InChI=1S/C13H17N5O2S3/c1-7(2)4-9(19)15-12-17-18-13(23-12)22-6-10(20)16-11-14-8(3)5-21-11/h5,7H,4,6H2,1-3H3,(H,14,16,20)(H,15,17,19). The molecule has 2 amide bonds. The Morgan fingerprint density at radius 1 is 1.22 bits per heavy atom. The molecule has 0 saturated carbocycles. The van der Waals surface area contributed by atoms with Crippen molar-refractivity contribution in [2.24, 2.45) is 5.92 Å². The van der Waals surface area contributed by atoms with Gasteiger partial charge in [0.05, 0.1) is 11.4 Å². The summed E-state index contributed by atoms with van der Waals surface area (Å²) in [7, 11) is 0. The molecular weight excluding hydrogens is 354 g/mol. The first kappa shape index (κ1) is 17.8. The number of hydrogen-bond donors (Lipinski definition) is 2. The molecule has 2 aromatic heterocycles. The Kier molecular flexibility index (Phi) is 6.48. The minimum Gasteiger partial charge on any atom is -0.301 e.